The van der Waals surface area contributed by atoms with E-state index in [2.05, 4.69) is 12.6 Å². The molecule has 0 aliphatic heterocycles. The van der Waals surface area contributed by atoms with Crippen LogP contribution in [0.15, 0.2) is 38.4 Å². The van der Waals surface area contributed by atoms with Gasteiger partial charge in [-0.15, -0.1) is 12.6 Å². The maximum atomic E-state index is 12.3. The Kier molecular flexibility index (Phi) is 2.36. The highest BCUT2D eigenvalue weighted by Gasteiger charge is 2.16. The van der Waals surface area contributed by atoms with Crippen molar-refractivity contribution < 1.29 is 19.7 Å². The van der Waals surface area contributed by atoms with Crippen molar-refractivity contribution in [1.82, 2.24) is 0 Å². The first-order valence-electron chi connectivity index (χ1n) is 5.32. The summed E-state index contributed by atoms with van der Waals surface area (Å²) in [5, 5.41) is 28.8. The first-order chi connectivity index (χ1) is 8.99. The third-order valence-corrected chi connectivity index (χ3v) is 3.22. The van der Waals surface area contributed by atoms with Crippen molar-refractivity contribution in [1.29, 1.82) is 0 Å². The second kappa shape index (κ2) is 3.83. The second-order valence-electron chi connectivity index (χ2n) is 4.08. The van der Waals surface area contributed by atoms with Crippen LogP contribution in [0.2, 0.25) is 0 Å². The zero-order valence-corrected chi connectivity index (χ0v) is 10.3. The molecule has 0 amide bonds. The Hall–Kier alpha value is -2.34. The summed E-state index contributed by atoms with van der Waals surface area (Å²) in [6.45, 7) is 0. The molecule has 0 saturated carbocycles. The Balaban J connectivity index is 2.65. The molecule has 2 aromatic carbocycles. The molecule has 1 heterocycles. The highest BCUT2D eigenvalue weighted by atomic mass is 32.1. The topological polar surface area (TPSA) is 90.9 Å². The fourth-order valence-electron chi connectivity index (χ4n) is 2.00. The third kappa shape index (κ3) is 1.61. The van der Waals surface area contributed by atoms with Crippen molar-refractivity contribution in [3.8, 4) is 17.2 Å². The summed E-state index contributed by atoms with van der Waals surface area (Å²) >= 11 is 4.02. The molecule has 0 radical (unpaired) electrons. The van der Waals surface area contributed by atoms with Crippen LogP contribution >= 0.6 is 12.6 Å². The minimum atomic E-state index is -0.581. The molecule has 19 heavy (non-hydrogen) atoms. The van der Waals surface area contributed by atoms with Crippen molar-refractivity contribution in [2.45, 2.75) is 4.90 Å². The lowest BCUT2D eigenvalue weighted by molar-refractivity contribution is 0.452. The van der Waals surface area contributed by atoms with E-state index in [4.69, 9.17) is 4.42 Å². The summed E-state index contributed by atoms with van der Waals surface area (Å²) < 4.78 is 5.41. The van der Waals surface area contributed by atoms with Crippen molar-refractivity contribution in [2.24, 2.45) is 0 Å². The fraction of sp³-hybridized carbons (Fsp3) is 0. The van der Waals surface area contributed by atoms with Gasteiger partial charge in [-0.25, -0.2) is 0 Å². The first-order valence-corrected chi connectivity index (χ1v) is 5.77. The Morgan fingerprint density at radius 3 is 2.47 bits per heavy atom. The van der Waals surface area contributed by atoms with Crippen molar-refractivity contribution in [2.75, 3.05) is 0 Å². The summed E-state index contributed by atoms with van der Waals surface area (Å²) in [5.74, 6) is -0.930. The average molecular weight is 276 g/mol. The predicted octanol–water partition coefficient (Wildman–Crippen LogP) is 2.35. The first kappa shape index (κ1) is 11.7. The second-order valence-corrected chi connectivity index (χ2v) is 4.56. The maximum Gasteiger partial charge on any atom is 0.208 e. The summed E-state index contributed by atoms with van der Waals surface area (Å²) in [4.78, 5) is 12.5. The summed E-state index contributed by atoms with van der Waals surface area (Å²) in [6, 6.07) is 5.23. The van der Waals surface area contributed by atoms with Crippen LogP contribution in [0.4, 0.5) is 0 Å². The molecular weight excluding hydrogens is 268 g/mol. The van der Waals surface area contributed by atoms with E-state index in [1.165, 1.54) is 18.2 Å². The monoisotopic (exact) mass is 276 g/mol. The van der Waals surface area contributed by atoms with Gasteiger partial charge in [-0.3, -0.25) is 4.79 Å². The minimum absolute atomic E-state index is 0.0429. The molecule has 0 spiro atoms. The molecule has 0 bridgehead atoms. The van der Waals surface area contributed by atoms with Gasteiger partial charge in [0.2, 0.25) is 5.43 Å². The van der Waals surface area contributed by atoms with Crippen LogP contribution in [-0.2, 0) is 0 Å². The van der Waals surface area contributed by atoms with Gasteiger partial charge < -0.3 is 19.7 Å². The van der Waals surface area contributed by atoms with Crippen LogP contribution in [0.3, 0.4) is 0 Å². The number of hydrogen-bond donors (Lipinski definition) is 4. The molecule has 0 aliphatic rings. The van der Waals surface area contributed by atoms with Crippen LogP contribution in [0, 0.1) is 0 Å². The third-order valence-electron chi connectivity index (χ3n) is 2.86. The molecule has 0 fully saturated rings. The number of rotatable bonds is 0. The van der Waals surface area contributed by atoms with E-state index in [1.807, 2.05) is 0 Å². The molecule has 0 saturated heterocycles. The lowest BCUT2D eigenvalue weighted by Gasteiger charge is -2.06. The largest absolute Gasteiger partial charge is 0.508 e. The van der Waals surface area contributed by atoms with E-state index in [0.717, 1.165) is 6.07 Å². The van der Waals surface area contributed by atoms with Crippen LogP contribution in [0.5, 0.6) is 17.2 Å². The van der Waals surface area contributed by atoms with Crippen LogP contribution in [0.25, 0.3) is 21.9 Å². The van der Waals surface area contributed by atoms with E-state index in [1.54, 1.807) is 0 Å². The Labute approximate surface area is 111 Å². The van der Waals surface area contributed by atoms with E-state index >= 15 is 0 Å². The van der Waals surface area contributed by atoms with Gasteiger partial charge in [-0.2, -0.15) is 0 Å². The molecule has 3 aromatic rings. The lowest BCUT2D eigenvalue weighted by Crippen LogP contribution is -2.03. The average Bonchev–Trinajstić information content (AvgIpc) is 2.32. The molecule has 0 atom stereocenters. The zero-order valence-electron chi connectivity index (χ0n) is 9.41. The highest BCUT2D eigenvalue weighted by Crippen LogP contribution is 2.34. The number of fused-ring (bicyclic) bond motifs is 2. The number of phenols is 3. The van der Waals surface area contributed by atoms with E-state index in [9.17, 15) is 20.1 Å². The molecule has 5 nitrogen and oxygen atoms in total. The van der Waals surface area contributed by atoms with Crippen molar-refractivity contribution in [3.05, 3.63) is 34.5 Å². The Bertz CT molecular complexity index is 882. The molecule has 0 unspecified atom stereocenters. The van der Waals surface area contributed by atoms with Crippen LogP contribution < -0.4 is 5.43 Å². The summed E-state index contributed by atoms with van der Waals surface area (Å²) in [7, 11) is 0. The predicted molar refractivity (Wildman–Crippen MR) is 72.2 cm³/mol. The molecule has 1 aromatic heterocycles. The number of hydrogen-bond acceptors (Lipinski definition) is 6. The van der Waals surface area contributed by atoms with Gasteiger partial charge in [0.1, 0.15) is 39.2 Å². The smallest absolute Gasteiger partial charge is 0.208 e. The minimum Gasteiger partial charge on any atom is -0.508 e. The zero-order chi connectivity index (χ0) is 13.7. The molecule has 3 N–H and O–H groups in total. The molecule has 96 valence electrons. The lowest BCUT2D eigenvalue weighted by atomic mass is 10.1. The number of thiol groups is 1. The van der Waals surface area contributed by atoms with Gasteiger partial charge in [-0.05, 0) is 12.1 Å². The molecular formula is C13H8O5S. The standard InChI is InChI=1S/C13H8O5S/c14-5-3-6(15)10-8(4-5)18-7-1-2-9(19)12(16)11(7)13(10)17/h1-4,14-16,19H. The summed E-state index contributed by atoms with van der Waals surface area (Å²) in [6.07, 6.45) is 0. The van der Waals surface area contributed by atoms with E-state index in [0.29, 0.717) is 0 Å². The van der Waals surface area contributed by atoms with Crippen molar-refractivity contribution in [3.63, 3.8) is 0 Å². The highest BCUT2D eigenvalue weighted by molar-refractivity contribution is 7.80. The van der Waals surface area contributed by atoms with Gasteiger partial charge in [0.05, 0.1) is 0 Å². The van der Waals surface area contributed by atoms with E-state index < -0.39 is 11.2 Å². The van der Waals surface area contributed by atoms with Gasteiger partial charge >= 0.3 is 0 Å². The van der Waals surface area contributed by atoms with E-state index in [-0.39, 0.29) is 38.3 Å². The number of aromatic hydroxyl groups is 3. The Morgan fingerprint density at radius 2 is 1.74 bits per heavy atom. The van der Waals surface area contributed by atoms with Gasteiger partial charge in [0, 0.05) is 17.0 Å². The van der Waals surface area contributed by atoms with Crippen molar-refractivity contribution >= 4 is 34.6 Å². The van der Waals surface area contributed by atoms with Gasteiger partial charge in [0.25, 0.3) is 0 Å². The molecule has 6 heteroatoms. The maximum absolute atomic E-state index is 12.3. The SMILES string of the molecule is O=c1c2c(O)cc(O)cc2oc2ccc(S)c(O)c12. The number of benzene rings is 2. The molecule has 3 rings (SSSR count). The van der Waals surface area contributed by atoms with Crippen LogP contribution in [0.1, 0.15) is 0 Å². The molecule has 0 aliphatic carbocycles. The normalized spacial score (nSPS) is 11.2. The quantitative estimate of drug-likeness (QED) is 0.374. The summed E-state index contributed by atoms with van der Waals surface area (Å²) in [5.41, 5.74) is -0.388. The van der Waals surface area contributed by atoms with Gasteiger partial charge in [0.15, 0.2) is 0 Å². The fourth-order valence-corrected chi connectivity index (χ4v) is 2.19. The Morgan fingerprint density at radius 1 is 1.00 bits per heavy atom. The van der Waals surface area contributed by atoms with Crippen LogP contribution in [-0.4, -0.2) is 15.3 Å². The number of phenolic OH excluding ortho intramolecular Hbond substituents is 3. The van der Waals surface area contributed by atoms with Gasteiger partial charge in [-0.1, -0.05) is 0 Å².